The molecular formula is C10H15N3O4S. The lowest BCUT2D eigenvalue weighted by atomic mass is 10.3. The monoisotopic (exact) mass is 273 g/mol. The van der Waals surface area contributed by atoms with Crippen molar-refractivity contribution < 1.29 is 18.3 Å². The molecular weight excluding hydrogens is 258 g/mol. The predicted molar refractivity (Wildman–Crippen MR) is 66.6 cm³/mol. The van der Waals surface area contributed by atoms with Gasteiger partial charge in [0, 0.05) is 19.3 Å². The van der Waals surface area contributed by atoms with E-state index in [4.69, 9.17) is 5.11 Å². The summed E-state index contributed by atoms with van der Waals surface area (Å²) >= 11 is 0. The van der Waals surface area contributed by atoms with E-state index in [1.165, 1.54) is 25.4 Å². The third-order valence-electron chi connectivity index (χ3n) is 2.36. The summed E-state index contributed by atoms with van der Waals surface area (Å²) in [6.07, 6.45) is 1.29. The second-order valence-electron chi connectivity index (χ2n) is 3.92. The van der Waals surface area contributed by atoms with Gasteiger partial charge in [0.05, 0.1) is 5.69 Å². The summed E-state index contributed by atoms with van der Waals surface area (Å²) in [5.74, 6) is -1.29. The molecule has 0 saturated heterocycles. The van der Waals surface area contributed by atoms with E-state index >= 15 is 0 Å². The fourth-order valence-electron chi connectivity index (χ4n) is 1.15. The minimum absolute atomic E-state index is 0.0579. The molecule has 1 aromatic heterocycles. The van der Waals surface area contributed by atoms with Crippen LogP contribution < -0.4 is 4.72 Å². The first-order valence-electron chi connectivity index (χ1n) is 5.20. The first-order valence-corrected chi connectivity index (χ1v) is 6.64. The van der Waals surface area contributed by atoms with Gasteiger partial charge in [-0.25, -0.2) is 9.78 Å². The molecule has 0 bridgehead atoms. The van der Waals surface area contributed by atoms with E-state index in [0.717, 1.165) is 4.31 Å². The Morgan fingerprint density at radius 3 is 2.61 bits per heavy atom. The van der Waals surface area contributed by atoms with Crippen LogP contribution in [-0.2, 0) is 10.2 Å². The zero-order valence-corrected chi connectivity index (χ0v) is 11.1. The highest BCUT2D eigenvalue weighted by Crippen LogP contribution is 2.16. The standard InChI is InChI=1S/C10H15N3O4S/c1-7(2)13(3)18(16,17)12-8-5-4-6-11-9(8)10(14)15/h4-7,12H,1-3H3,(H,14,15). The van der Waals surface area contributed by atoms with E-state index in [2.05, 4.69) is 9.71 Å². The molecule has 0 aliphatic carbocycles. The molecule has 0 saturated carbocycles. The maximum Gasteiger partial charge on any atom is 0.356 e. The molecule has 0 amide bonds. The average Bonchev–Trinajstić information content (AvgIpc) is 2.27. The zero-order valence-electron chi connectivity index (χ0n) is 10.3. The van der Waals surface area contributed by atoms with Gasteiger partial charge in [0.25, 0.3) is 0 Å². The zero-order chi connectivity index (χ0) is 13.9. The SMILES string of the molecule is CC(C)N(C)S(=O)(=O)Nc1cccnc1C(=O)O. The number of nitrogens with one attached hydrogen (secondary N) is 1. The molecule has 18 heavy (non-hydrogen) atoms. The molecule has 1 aromatic rings. The van der Waals surface area contributed by atoms with Crippen molar-refractivity contribution in [3.8, 4) is 0 Å². The predicted octanol–water partition coefficient (Wildman–Crippen LogP) is 0.777. The van der Waals surface area contributed by atoms with Crippen molar-refractivity contribution in [3.63, 3.8) is 0 Å². The van der Waals surface area contributed by atoms with Crippen molar-refractivity contribution >= 4 is 21.9 Å². The Hall–Kier alpha value is -1.67. The number of nitrogens with zero attached hydrogens (tertiary/aromatic N) is 2. The van der Waals surface area contributed by atoms with Crippen LogP contribution in [0.1, 0.15) is 24.3 Å². The molecule has 0 spiro atoms. The second-order valence-corrected chi connectivity index (χ2v) is 5.65. The normalized spacial score (nSPS) is 11.8. The molecule has 0 aromatic carbocycles. The van der Waals surface area contributed by atoms with E-state index in [9.17, 15) is 13.2 Å². The van der Waals surface area contributed by atoms with Gasteiger partial charge in [-0.1, -0.05) is 0 Å². The Bertz CT molecular complexity index is 542. The van der Waals surface area contributed by atoms with Crippen molar-refractivity contribution in [3.05, 3.63) is 24.0 Å². The molecule has 100 valence electrons. The average molecular weight is 273 g/mol. The maximum absolute atomic E-state index is 11.9. The lowest BCUT2D eigenvalue weighted by Gasteiger charge is -2.21. The third-order valence-corrected chi connectivity index (χ3v) is 4.01. The third kappa shape index (κ3) is 3.17. The molecule has 0 aliphatic rings. The lowest BCUT2D eigenvalue weighted by molar-refractivity contribution is 0.0692. The molecule has 0 aliphatic heterocycles. The van der Waals surface area contributed by atoms with Crippen molar-refractivity contribution in [1.82, 2.24) is 9.29 Å². The highest BCUT2D eigenvalue weighted by atomic mass is 32.2. The van der Waals surface area contributed by atoms with Crippen LogP contribution in [0.4, 0.5) is 5.69 Å². The number of pyridine rings is 1. The van der Waals surface area contributed by atoms with Gasteiger partial charge in [-0.2, -0.15) is 12.7 Å². The molecule has 0 unspecified atom stereocenters. The number of carboxylic acid groups (broad SMARTS) is 1. The molecule has 2 N–H and O–H groups in total. The maximum atomic E-state index is 11.9. The van der Waals surface area contributed by atoms with Crippen LogP contribution in [0, 0.1) is 0 Å². The van der Waals surface area contributed by atoms with Crippen molar-refractivity contribution in [2.75, 3.05) is 11.8 Å². The van der Waals surface area contributed by atoms with Crippen LogP contribution in [0.25, 0.3) is 0 Å². The second kappa shape index (κ2) is 5.32. The van der Waals surface area contributed by atoms with Crippen LogP contribution in [0.3, 0.4) is 0 Å². The minimum atomic E-state index is -3.79. The fourth-order valence-corrected chi connectivity index (χ4v) is 2.29. The van der Waals surface area contributed by atoms with E-state index in [1.807, 2.05) is 0 Å². The highest BCUT2D eigenvalue weighted by Gasteiger charge is 2.23. The van der Waals surface area contributed by atoms with Gasteiger partial charge in [0.2, 0.25) is 0 Å². The van der Waals surface area contributed by atoms with Crippen LogP contribution in [0.5, 0.6) is 0 Å². The molecule has 0 radical (unpaired) electrons. The number of hydrogen-bond acceptors (Lipinski definition) is 4. The van der Waals surface area contributed by atoms with Crippen molar-refractivity contribution in [1.29, 1.82) is 0 Å². The fraction of sp³-hybridized carbons (Fsp3) is 0.400. The quantitative estimate of drug-likeness (QED) is 0.825. The first-order chi connectivity index (χ1) is 8.25. The van der Waals surface area contributed by atoms with Crippen LogP contribution in [-0.4, -0.2) is 41.9 Å². The van der Waals surface area contributed by atoms with E-state index < -0.39 is 16.2 Å². The number of anilines is 1. The Morgan fingerprint density at radius 2 is 2.11 bits per heavy atom. The molecule has 0 fully saturated rings. The summed E-state index contributed by atoms with van der Waals surface area (Å²) < 4.78 is 27.1. The Kier molecular flexibility index (Phi) is 4.25. The van der Waals surface area contributed by atoms with Crippen molar-refractivity contribution in [2.24, 2.45) is 0 Å². The summed E-state index contributed by atoms with van der Waals surface area (Å²) in [4.78, 5) is 14.5. The number of aromatic nitrogens is 1. The number of carboxylic acids is 1. The van der Waals surface area contributed by atoms with E-state index in [0.29, 0.717) is 0 Å². The van der Waals surface area contributed by atoms with Gasteiger partial charge in [0.1, 0.15) is 0 Å². The molecule has 1 rings (SSSR count). The van der Waals surface area contributed by atoms with Gasteiger partial charge in [-0.3, -0.25) is 4.72 Å². The number of aromatic carboxylic acids is 1. The number of hydrogen-bond donors (Lipinski definition) is 2. The molecule has 1 heterocycles. The first kappa shape index (κ1) is 14.4. The number of carbonyl (C=O) groups is 1. The van der Waals surface area contributed by atoms with Crippen LogP contribution >= 0.6 is 0 Å². The van der Waals surface area contributed by atoms with Gasteiger partial charge in [-0.05, 0) is 26.0 Å². The van der Waals surface area contributed by atoms with Crippen LogP contribution in [0.15, 0.2) is 18.3 Å². The minimum Gasteiger partial charge on any atom is -0.476 e. The highest BCUT2D eigenvalue weighted by molar-refractivity contribution is 7.90. The van der Waals surface area contributed by atoms with Gasteiger partial charge in [-0.15, -0.1) is 0 Å². The molecule has 0 atom stereocenters. The summed E-state index contributed by atoms with van der Waals surface area (Å²) in [5.41, 5.74) is -0.393. The topological polar surface area (TPSA) is 99.6 Å². The van der Waals surface area contributed by atoms with E-state index in [-0.39, 0.29) is 17.4 Å². The largest absolute Gasteiger partial charge is 0.476 e. The van der Waals surface area contributed by atoms with Crippen LogP contribution in [0.2, 0.25) is 0 Å². The Morgan fingerprint density at radius 1 is 1.50 bits per heavy atom. The number of rotatable bonds is 5. The smallest absolute Gasteiger partial charge is 0.356 e. The lowest BCUT2D eigenvalue weighted by Crippen LogP contribution is -2.37. The van der Waals surface area contributed by atoms with Gasteiger partial charge >= 0.3 is 16.2 Å². The Balaban J connectivity index is 3.09. The Labute approximate surface area is 106 Å². The summed E-state index contributed by atoms with van der Waals surface area (Å²) in [5, 5.41) is 8.90. The molecule has 8 heteroatoms. The van der Waals surface area contributed by atoms with E-state index in [1.54, 1.807) is 13.8 Å². The van der Waals surface area contributed by atoms with Gasteiger partial charge < -0.3 is 5.11 Å². The summed E-state index contributed by atoms with van der Waals surface area (Å²) in [7, 11) is -2.38. The summed E-state index contributed by atoms with van der Waals surface area (Å²) in [6.45, 7) is 3.42. The van der Waals surface area contributed by atoms with Crippen molar-refractivity contribution in [2.45, 2.75) is 19.9 Å². The van der Waals surface area contributed by atoms with Gasteiger partial charge in [0.15, 0.2) is 5.69 Å². The summed E-state index contributed by atoms with van der Waals surface area (Å²) in [6, 6.07) is 2.56. The molecule has 7 nitrogen and oxygen atoms in total.